The first-order valence-electron chi connectivity index (χ1n) is 5.73. The van der Waals surface area contributed by atoms with Gasteiger partial charge in [0.15, 0.2) is 0 Å². The molecular formula is C10H21N3O3S2. The van der Waals surface area contributed by atoms with Crippen molar-refractivity contribution in [1.29, 1.82) is 0 Å². The van der Waals surface area contributed by atoms with Gasteiger partial charge >= 0.3 is 0 Å². The molecule has 106 valence electrons. The maximum absolute atomic E-state index is 12.3. The van der Waals surface area contributed by atoms with Gasteiger partial charge < -0.3 is 4.90 Å². The Morgan fingerprint density at radius 3 is 2.33 bits per heavy atom. The van der Waals surface area contributed by atoms with E-state index in [0.717, 1.165) is 4.31 Å². The fourth-order valence-corrected chi connectivity index (χ4v) is 4.32. The van der Waals surface area contributed by atoms with Gasteiger partial charge in [-0.05, 0) is 13.8 Å². The molecule has 1 atom stereocenters. The van der Waals surface area contributed by atoms with Gasteiger partial charge in [-0.3, -0.25) is 4.79 Å². The van der Waals surface area contributed by atoms with Gasteiger partial charge in [0.2, 0.25) is 5.91 Å². The fourth-order valence-electron chi connectivity index (χ4n) is 1.55. The first-order valence-corrected chi connectivity index (χ1v) is 8.28. The number of rotatable bonds is 4. The van der Waals surface area contributed by atoms with E-state index in [-0.39, 0.29) is 11.9 Å². The predicted octanol–water partition coefficient (Wildman–Crippen LogP) is 0.0345. The van der Waals surface area contributed by atoms with Gasteiger partial charge in [0.25, 0.3) is 10.2 Å². The summed E-state index contributed by atoms with van der Waals surface area (Å²) in [5.74, 6) is 0.714. The second kappa shape index (κ2) is 5.77. The number of carbonyl (C=O) groups is 1. The van der Waals surface area contributed by atoms with Gasteiger partial charge in [0, 0.05) is 32.9 Å². The lowest BCUT2D eigenvalue weighted by Gasteiger charge is -2.30. The maximum atomic E-state index is 12.3. The molecule has 1 aliphatic heterocycles. The molecule has 8 heteroatoms. The third kappa shape index (κ3) is 2.98. The number of hydrogen-bond acceptors (Lipinski definition) is 4. The summed E-state index contributed by atoms with van der Waals surface area (Å²) in [7, 11) is 1.13. The van der Waals surface area contributed by atoms with Gasteiger partial charge in [0.1, 0.15) is 6.04 Å². The van der Waals surface area contributed by atoms with Crippen molar-refractivity contribution in [2.24, 2.45) is 0 Å². The van der Waals surface area contributed by atoms with Crippen molar-refractivity contribution in [3.8, 4) is 0 Å². The van der Waals surface area contributed by atoms with E-state index in [9.17, 15) is 13.2 Å². The molecule has 1 heterocycles. The van der Waals surface area contributed by atoms with Crippen molar-refractivity contribution in [2.45, 2.75) is 25.9 Å². The lowest BCUT2D eigenvalue weighted by atomic mass is 10.2. The number of nitrogens with zero attached hydrogens (tertiary/aromatic N) is 3. The molecule has 0 N–H and O–H groups in total. The highest BCUT2D eigenvalue weighted by Crippen LogP contribution is 2.26. The summed E-state index contributed by atoms with van der Waals surface area (Å²) < 4.78 is 26.6. The molecule has 0 spiro atoms. The van der Waals surface area contributed by atoms with E-state index in [1.165, 1.54) is 30.2 Å². The zero-order valence-corrected chi connectivity index (χ0v) is 13.1. The Labute approximate surface area is 113 Å². The predicted molar refractivity (Wildman–Crippen MR) is 73.5 cm³/mol. The Kier molecular flexibility index (Phi) is 5.05. The average Bonchev–Trinajstić information content (AvgIpc) is 2.75. The molecule has 6 nitrogen and oxygen atoms in total. The molecule has 0 aromatic heterocycles. The minimum atomic E-state index is -3.53. The molecule has 1 rings (SSSR count). The van der Waals surface area contributed by atoms with Crippen molar-refractivity contribution >= 4 is 27.9 Å². The quantitative estimate of drug-likeness (QED) is 0.734. The van der Waals surface area contributed by atoms with Crippen LogP contribution in [0.15, 0.2) is 0 Å². The summed E-state index contributed by atoms with van der Waals surface area (Å²) in [5.41, 5.74) is 0. The van der Waals surface area contributed by atoms with Crippen molar-refractivity contribution in [3.05, 3.63) is 0 Å². The van der Waals surface area contributed by atoms with Crippen LogP contribution < -0.4 is 0 Å². The first-order chi connectivity index (χ1) is 8.19. The minimum absolute atomic E-state index is 0.0620. The standard InChI is InChI=1S/C10H21N3O3S2/c1-8(2)12(5)10(14)9-6-17-7-13(9)18(15,16)11(3)4/h8-9H,6-7H2,1-5H3. The number of likely N-dealkylation sites (N-methyl/N-ethyl adjacent to an activating group) is 1. The van der Waals surface area contributed by atoms with Crippen LogP contribution in [-0.2, 0) is 15.0 Å². The van der Waals surface area contributed by atoms with Crippen LogP contribution in [0.3, 0.4) is 0 Å². The Morgan fingerprint density at radius 2 is 1.89 bits per heavy atom. The molecule has 0 aromatic rings. The highest BCUT2D eigenvalue weighted by atomic mass is 32.2. The molecule has 0 bridgehead atoms. The Bertz CT molecular complexity index is 409. The molecule has 0 aliphatic carbocycles. The molecule has 1 fully saturated rings. The van der Waals surface area contributed by atoms with Gasteiger partial charge in [-0.25, -0.2) is 0 Å². The van der Waals surface area contributed by atoms with Crippen molar-refractivity contribution in [3.63, 3.8) is 0 Å². The van der Waals surface area contributed by atoms with Crippen LogP contribution in [0.4, 0.5) is 0 Å². The summed E-state index contributed by atoms with van der Waals surface area (Å²) in [4.78, 5) is 13.8. The normalized spacial score (nSPS) is 21.8. The van der Waals surface area contributed by atoms with E-state index in [2.05, 4.69) is 0 Å². The van der Waals surface area contributed by atoms with Crippen molar-refractivity contribution < 1.29 is 13.2 Å². The SMILES string of the molecule is CC(C)N(C)C(=O)C1CSCN1S(=O)(=O)N(C)C. The van der Waals surface area contributed by atoms with E-state index in [1.807, 2.05) is 13.8 Å². The zero-order valence-electron chi connectivity index (χ0n) is 11.5. The van der Waals surface area contributed by atoms with Crippen molar-refractivity contribution in [2.75, 3.05) is 32.8 Å². The lowest BCUT2D eigenvalue weighted by molar-refractivity contribution is -0.134. The number of hydrogen-bond donors (Lipinski definition) is 0. The Hall–Kier alpha value is -0.310. The molecule has 0 radical (unpaired) electrons. The smallest absolute Gasteiger partial charge is 0.282 e. The molecule has 18 heavy (non-hydrogen) atoms. The second-order valence-electron chi connectivity index (χ2n) is 4.74. The third-order valence-corrected chi connectivity index (χ3v) is 6.08. The number of carbonyl (C=O) groups excluding carboxylic acids is 1. The highest BCUT2D eigenvalue weighted by Gasteiger charge is 2.41. The first kappa shape index (κ1) is 15.7. The maximum Gasteiger partial charge on any atom is 0.282 e. The third-order valence-electron chi connectivity index (χ3n) is 3.01. The van der Waals surface area contributed by atoms with Crippen molar-refractivity contribution in [1.82, 2.24) is 13.5 Å². The lowest BCUT2D eigenvalue weighted by Crippen LogP contribution is -2.52. The molecule has 0 saturated carbocycles. The number of amides is 1. The average molecular weight is 295 g/mol. The fraction of sp³-hybridized carbons (Fsp3) is 0.900. The zero-order chi connectivity index (χ0) is 14.1. The second-order valence-corrected chi connectivity index (χ2v) is 7.83. The van der Waals surface area contributed by atoms with Crippen LogP contribution in [0, 0.1) is 0 Å². The summed E-state index contributed by atoms with van der Waals surface area (Å²) in [6, 6.07) is -0.526. The highest BCUT2D eigenvalue weighted by molar-refractivity contribution is 8.00. The van der Waals surface area contributed by atoms with Gasteiger partial charge in [0.05, 0.1) is 5.88 Å². The molecular weight excluding hydrogens is 274 g/mol. The topological polar surface area (TPSA) is 60.9 Å². The molecule has 1 saturated heterocycles. The largest absolute Gasteiger partial charge is 0.342 e. The van der Waals surface area contributed by atoms with Gasteiger partial charge in [-0.1, -0.05) is 0 Å². The molecule has 1 unspecified atom stereocenters. The monoisotopic (exact) mass is 295 g/mol. The summed E-state index contributed by atoms with van der Waals surface area (Å²) in [5, 5.41) is 0. The Morgan fingerprint density at radius 1 is 1.33 bits per heavy atom. The Balaban J connectivity index is 2.93. The van der Waals surface area contributed by atoms with Crippen LogP contribution in [0.2, 0.25) is 0 Å². The summed E-state index contributed by atoms with van der Waals surface area (Å²) in [6.45, 7) is 3.82. The molecule has 0 aromatic carbocycles. The van der Waals surface area contributed by atoms with Crippen LogP contribution in [-0.4, -0.2) is 72.7 Å². The summed E-state index contributed by atoms with van der Waals surface area (Å²) in [6.07, 6.45) is 0. The van der Waals surface area contributed by atoms with Crippen LogP contribution in [0.5, 0.6) is 0 Å². The molecule has 1 amide bonds. The van der Waals surface area contributed by atoms with E-state index in [4.69, 9.17) is 0 Å². The van der Waals surface area contributed by atoms with Crippen LogP contribution in [0.1, 0.15) is 13.8 Å². The van der Waals surface area contributed by atoms with Gasteiger partial charge in [-0.2, -0.15) is 17.0 Å². The van der Waals surface area contributed by atoms with E-state index >= 15 is 0 Å². The molecule has 1 aliphatic rings. The van der Waals surface area contributed by atoms with Gasteiger partial charge in [-0.15, -0.1) is 11.8 Å². The van der Waals surface area contributed by atoms with E-state index in [1.54, 1.807) is 11.9 Å². The summed E-state index contributed by atoms with van der Waals surface area (Å²) >= 11 is 1.46. The van der Waals surface area contributed by atoms with E-state index < -0.39 is 16.3 Å². The minimum Gasteiger partial charge on any atom is -0.342 e. The van der Waals surface area contributed by atoms with Crippen LogP contribution in [0.25, 0.3) is 0 Å². The van der Waals surface area contributed by atoms with E-state index in [0.29, 0.717) is 11.6 Å². The number of thioether (sulfide) groups is 1. The van der Waals surface area contributed by atoms with Crippen LogP contribution >= 0.6 is 11.8 Å².